The van der Waals surface area contributed by atoms with Crippen LogP contribution in [-0.4, -0.2) is 59.0 Å². The predicted molar refractivity (Wildman–Crippen MR) is 74.4 cm³/mol. The number of pyridine rings is 1. The molecule has 9 heteroatoms. The summed E-state index contributed by atoms with van der Waals surface area (Å²) in [5, 5.41) is 11.0. The van der Waals surface area contributed by atoms with Crippen LogP contribution in [0.25, 0.3) is 0 Å². The summed E-state index contributed by atoms with van der Waals surface area (Å²) in [6.45, 7) is -0.168. The number of rotatable bonds is 5. The van der Waals surface area contributed by atoms with Crippen molar-refractivity contribution in [1.29, 1.82) is 0 Å². The Bertz CT molecular complexity index is 577. The van der Waals surface area contributed by atoms with Gasteiger partial charge >= 0.3 is 17.7 Å². The highest BCUT2D eigenvalue weighted by molar-refractivity contribution is 6.06. The van der Waals surface area contributed by atoms with E-state index in [9.17, 15) is 18.4 Å². The Labute approximate surface area is 131 Å². The monoisotopic (exact) mass is 329 g/mol. The fourth-order valence-electron chi connectivity index (χ4n) is 2.06. The first kappa shape index (κ1) is 17.2. The molecule has 1 aliphatic heterocycles. The fraction of sp³-hybridized carbons (Fsp3) is 0.500. The highest BCUT2D eigenvalue weighted by Crippen LogP contribution is 2.18. The summed E-state index contributed by atoms with van der Waals surface area (Å²) in [6, 6.07) is 4.65. The average molecular weight is 329 g/mol. The molecule has 1 aromatic rings. The van der Waals surface area contributed by atoms with Crippen LogP contribution in [0.1, 0.15) is 11.4 Å². The summed E-state index contributed by atoms with van der Waals surface area (Å²) < 4.78 is 32.9. The van der Waals surface area contributed by atoms with Gasteiger partial charge in [-0.2, -0.15) is 8.78 Å². The minimum atomic E-state index is -4.15. The lowest BCUT2D eigenvalue weighted by molar-refractivity contribution is -0.170. The van der Waals surface area contributed by atoms with Gasteiger partial charge in [-0.3, -0.25) is 14.6 Å². The smallest absolute Gasteiger partial charge is 0.390 e. The summed E-state index contributed by atoms with van der Waals surface area (Å²) in [4.78, 5) is 28.3. The van der Waals surface area contributed by atoms with Crippen LogP contribution in [-0.2, 0) is 27.5 Å². The van der Waals surface area contributed by atoms with E-state index in [-0.39, 0.29) is 39.5 Å². The van der Waals surface area contributed by atoms with Gasteiger partial charge in [0.1, 0.15) is 0 Å². The largest absolute Gasteiger partial charge is 0.400 e. The van der Waals surface area contributed by atoms with Crippen molar-refractivity contribution >= 4 is 11.8 Å². The van der Waals surface area contributed by atoms with E-state index in [4.69, 9.17) is 9.84 Å². The molecule has 0 aliphatic carbocycles. The van der Waals surface area contributed by atoms with Gasteiger partial charge in [0.15, 0.2) is 0 Å². The summed E-state index contributed by atoms with van der Waals surface area (Å²) in [6.07, 6.45) is 0. The first-order chi connectivity index (χ1) is 10.9. The molecule has 23 heavy (non-hydrogen) atoms. The predicted octanol–water partition coefficient (Wildman–Crippen LogP) is -0.316. The number of ether oxygens (including phenoxy) is 1. The van der Waals surface area contributed by atoms with E-state index in [0.29, 0.717) is 11.4 Å². The number of halogens is 2. The second-order valence-electron chi connectivity index (χ2n) is 4.94. The summed E-state index contributed by atoms with van der Waals surface area (Å²) in [5.41, 5.74) is 0.660. The Balaban J connectivity index is 1.96. The van der Waals surface area contributed by atoms with E-state index in [0.717, 1.165) is 4.90 Å². The van der Waals surface area contributed by atoms with Gasteiger partial charge in [-0.05, 0) is 12.1 Å². The van der Waals surface area contributed by atoms with Crippen LogP contribution in [0, 0.1) is 0 Å². The number of aliphatic hydroxyl groups excluding tert-OH is 1. The van der Waals surface area contributed by atoms with E-state index in [1.807, 2.05) is 5.32 Å². The van der Waals surface area contributed by atoms with Crippen molar-refractivity contribution in [3.05, 3.63) is 29.6 Å². The second-order valence-corrected chi connectivity index (χ2v) is 4.94. The van der Waals surface area contributed by atoms with Gasteiger partial charge in [-0.25, -0.2) is 0 Å². The van der Waals surface area contributed by atoms with Crippen molar-refractivity contribution in [3.63, 3.8) is 0 Å². The maximum atomic E-state index is 13.9. The maximum absolute atomic E-state index is 13.9. The minimum Gasteiger partial charge on any atom is -0.390 e. The average Bonchev–Trinajstić information content (AvgIpc) is 2.59. The zero-order valence-corrected chi connectivity index (χ0v) is 12.3. The molecule has 2 amide bonds. The Hall–Kier alpha value is -2.13. The van der Waals surface area contributed by atoms with Crippen LogP contribution in [0.5, 0.6) is 0 Å². The number of hydrogen-bond acceptors (Lipinski definition) is 5. The Kier molecular flexibility index (Phi) is 5.56. The SMILES string of the molecule is O=C(NCc1cccc(CO)n1)C(F)(F)C(=O)N1CCOCC1. The number of hydrogen-bond donors (Lipinski definition) is 2. The first-order valence-electron chi connectivity index (χ1n) is 7.04. The lowest BCUT2D eigenvalue weighted by Crippen LogP contribution is -2.55. The Morgan fingerprint density at radius 2 is 1.96 bits per heavy atom. The van der Waals surface area contributed by atoms with E-state index in [1.165, 1.54) is 6.07 Å². The number of carbonyl (C=O) groups is 2. The molecule has 126 valence electrons. The summed E-state index contributed by atoms with van der Waals surface area (Å²) in [7, 11) is 0. The molecule has 1 saturated heterocycles. The number of aromatic nitrogens is 1. The highest BCUT2D eigenvalue weighted by atomic mass is 19.3. The Morgan fingerprint density at radius 1 is 1.30 bits per heavy atom. The normalized spacial score (nSPS) is 15.3. The quantitative estimate of drug-likeness (QED) is 0.723. The third-order valence-corrected chi connectivity index (χ3v) is 3.31. The standard InChI is InChI=1S/C14H17F2N3O4/c15-14(16,13(22)19-4-6-23-7-5-19)12(21)17-8-10-2-1-3-11(9-20)18-10/h1-3,20H,4-9H2,(H,17,21). The molecular formula is C14H17F2N3O4. The molecule has 2 heterocycles. The lowest BCUT2D eigenvalue weighted by Gasteiger charge is -2.29. The van der Waals surface area contributed by atoms with Gasteiger partial charge in [0.2, 0.25) is 0 Å². The molecule has 0 spiro atoms. The fourth-order valence-corrected chi connectivity index (χ4v) is 2.06. The van der Waals surface area contributed by atoms with Crippen molar-refractivity contribution in [1.82, 2.24) is 15.2 Å². The number of amides is 2. The van der Waals surface area contributed by atoms with E-state index in [1.54, 1.807) is 12.1 Å². The number of nitrogens with zero attached hydrogens (tertiary/aromatic N) is 2. The van der Waals surface area contributed by atoms with Gasteiger partial charge in [0.05, 0.1) is 37.8 Å². The molecule has 1 aliphatic rings. The molecule has 0 bridgehead atoms. The molecule has 2 N–H and O–H groups in total. The molecule has 0 aromatic carbocycles. The molecule has 0 unspecified atom stereocenters. The number of alkyl halides is 2. The van der Waals surface area contributed by atoms with Crippen LogP contribution in [0.3, 0.4) is 0 Å². The molecule has 1 aromatic heterocycles. The van der Waals surface area contributed by atoms with Crippen LogP contribution in [0.2, 0.25) is 0 Å². The van der Waals surface area contributed by atoms with Crippen molar-refractivity contribution in [3.8, 4) is 0 Å². The zero-order chi connectivity index (χ0) is 16.9. The maximum Gasteiger partial charge on any atom is 0.400 e. The highest BCUT2D eigenvalue weighted by Gasteiger charge is 2.49. The van der Waals surface area contributed by atoms with Gasteiger partial charge in [-0.15, -0.1) is 0 Å². The van der Waals surface area contributed by atoms with Gasteiger partial charge in [0.25, 0.3) is 0 Å². The third-order valence-electron chi connectivity index (χ3n) is 3.31. The number of carbonyl (C=O) groups excluding carboxylic acids is 2. The second kappa shape index (κ2) is 7.42. The van der Waals surface area contributed by atoms with Crippen LogP contribution in [0.15, 0.2) is 18.2 Å². The van der Waals surface area contributed by atoms with Crippen LogP contribution in [0.4, 0.5) is 8.78 Å². The first-order valence-corrected chi connectivity index (χ1v) is 7.04. The molecule has 0 radical (unpaired) electrons. The molecule has 1 fully saturated rings. The topological polar surface area (TPSA) is 91.8 Å². The number of morpholine rings is 1. The van der Waals surface area contributed by atoms with Gasteiger partial charge in [-0.1, -0.05) is 6.07 Å². The van der Waals surface area contributed by atoms with Crippen LogP contribution < -0.4 is 5.32 Å². The molecular weight excluding hydrogens is 312 g/mol. The number of nitrogens with one attached hydrogen (secondary N) is 1. The van der Waals surface area contributed by atoms with Crippen molar-refractivity contribution in [2.45, 2.75) is 19.1 Å². The minimum absolute atomic E-state index is 0.0296. The van der Waals surface area contributed by atoms with E-state index >= 15 is 0 Å². The molecule has 2 rings (SSSR count). The van der Waals surface area contributed by atoms with Gasteiger partial charge in [0, 0.05) is 13.1 Å². The van der Waals surface area contributed by atoms with Crippen molar-refractivity contribution in [2.24, 2.45) is 0 Å². The van der Waals surface area contributed by atoms with Gasteiger partial charge < -0.3 is 20.1 Å². The van der Waals surface area contributed by atoms with Crippen molar-refractivity contribution in [2.75, 3.05) is 26.3 Å². The summed E-state index contributed by atoms with van der Waals surface area (Å²) in [5.74, 6) is -7.35. The van der Waals surface area contributed by atoms with Crippen LogP contribution >= 0.6 is 0 Å². The number of aliphatic hydroxyl groups is 1. The third kappa shape index (κ3) is 4.20. The van der Waals surface area contributed by atoms with E-state index in [2.05, 4.69) is 4.98 Å². The summed E-state index contributed by atoms with van der Waals surface area (Å²) >= 11 is 0. The van der Waals surface area contributed by atoms with Crippen molar-refractivity contribution < 1.29 is 28.2 Å². The molecule has 0 atom stereocenters. The molecule has 7 nitrogen and oxygen atoms in total. The van der Waals surface area contributed by atoms with E-state index < -0.39 is 17.7 Å². The Morgan fingerprint density at radius 3 is 2.61 bits per heavy atom. The molecule has 0 saturated carbocycles. The zero-order valence-electron chi connectivity index (χ0n) is 12.3. The lowest BCUT2D eigenvalue weighted by atomic mass is 10.2.